The quantitative estimate of drug-likeness (QED) is 0.160. The van der Waals surface area contributed by atoms with Crippen LogP contribution in [0, 0.1) is 13.8 Å². The molecule has 1 spiro atoms. The monoisotopic (exact) mass is 656 g/mol. The summed E-state index contributed by atoms with van der Waals surface area (Å²) in [7, 11) is -2.00. The molecule has 0 saturated heterocycles. The molecule has 0 aliphatic carbocycles. The molecule has 0 N–H and O–H groups in total. The Morgan fingerprint density at radius 1 is 0.460 bits per heavy atom. The van der Waals surface area contributed by atoms with Crippen LogP contribution in [0.15, 0.2) is 146 Å². The van der Waals surface area contributed by atoms with Crippen LogP contribution in [0.5, 0.6) is 0 Å². The summed E-state index contributed by atoms with van der Waals surface area (Å²) in [5.74, 6) is 0. The van der Waals surface area contributed by atoms with Crippen LogP contribution in [0.1, 0.15) is 33.4 Å². The van der Waals surface area contributed by atoms with Crippen molar-refractivity contribution in [3.05, 3.63) is 179 Å². The Morgan fingerprint density at radius 3 is 1.44 bits per heavy atom. The number of anilines is 3. The molecule has 50 heavy (non-hydrogen) atoms. The van der Waals surface area contributed by atoms with Gasteiger partial charge in [0, 0.05) is 27.2 Å². The van der Waals surface area contributed by atoms with Crippen molar-refractivity contribution in [2.24, 2.45) is 0 Å². The van der Waals surface area contributed by atoms with Crippen LogP contribution in [-0.2, 0) is 5.41 Å². The second-order valence-corrected chi connectivity index (χ2v) is 19.4. The highest BCUT2D eigenvalue weighted by Gasteiger charge is 2.53. The molecular formula is C47H36N2Si. The van der Waals surface area contributed by atoms with Gasteiger partial charge in [-0.25, -0.2) is 0 Å². The number of benzene rings is 7. The molecular weight excluding hydrogens is 621 g/mol. The summed E-state index contributed by atoms with van der Waals surface area (Å²) in [6.07, 6.45) is 0. The Kier molecular flexibility index (Phi) is 5.38. The van der Waals surface area contributed by atoms with Crippen molar-refractivity contribution >= 4 is 73.6 Å². The average Bonchev–Trinajstić information content (AvgIpc) is 3.65. The summed E-state index contributed by atoms with van der Waals surface area (Å²) >= 11 is 0. The molecule has 0 atom stereocenters. The van der Waals surface area contributed by atoms with Crippen molar-refractivity contribution in [1.29, 1.82) is 0 Å². The van der Waals surface area contributed by atoms with E-state index < -0.39 is 13.5 Å². The van der Waals surface area contributed by atoms with Gasteiger partial charge in [0.15, 0.2) is 0 Å². The summed E-state index contributed by atoms with van der Waals surface area (Å²) in [5.41, 5.74) is 15.2. The van der Waals surface area contributed by atoms with Gasteiger partial charge in [-0.2, -0.15) is 0 Å². The first-order valence-corrected chi connectivity index (χ1v) is 20.8. The summed E-state index contributed by atoms with van der Waals surface area (Å²) < 4.78 is 2.47. The van der Waals surface area contributed by atoms with Gasteiger partial charge in [0.2, 0.25) is 0 Å². The number of para-hydroxylation sites is 2. The molecule has 0 radical (unpaired) electrons. The van der Waals surface area contributed by atoms with E-state index in [0.29, 0.717) is 0 Å². The van der Waals surface area contributed by atoms with E-state index in [9.17, 15) is 0 Å². The molecule has 2 aliphatic rings. The number of aromatic nitrogens is 1. The molecule has 3 heteroatoms. The standard InChI is InChI=1S/C47H36N2Si/c1-29-21-23-42-38(25-29)47(36-15-7-11-19-44(36)50(3,4)45-20-12-8-16-37(45)47)39-26-30(2)22-24-43(39)48(42)31-27-34-32-13-5-9-17-40(32)49-41-18-10-6-14-33(41)35(28-31)46(34)49/h5-28H,1-4H3. The predicted octanol–water partition coefficient (Wildman–Crippen LogP) is 10.8. The van der Waals surface area contributed by atoms with Crippen molar-refractivity contribution in [2.75, 3.05) is 4.90 Å². The molecule has 0 fully saturated rings. The Hall–Kier alpha value is -5.64. The zero-order chi connectivity index (χ0) is 33.5. The largest absolute Gasteiger partial charge is 0.310 e. The highest BCUT2D eigenvalue weighted by atomic mass is 28.3. The second-order valence-electron chi connectivity index (χ2n) is 15.1. The smallest absolute Gasteiger partial charge is 0.113 e. The van der Waals surface area contributed by atoms with Crippen molar-refractivity contribution in [1.82, 2.24) is 4.40 Å². The van der Waals surface area contributed by atoms with Gasteiger partial charge in [0.25, 0.3) is 0 Å². The number of aryl methyl sites for hydroxylation is 2. The molecule has 2 aliphatic heterocycles. The fraction of sp³-hybridized carbons (Fsp3) is 0.106. The van der Waals surface area contributed by atoms with Crippen LogP contribution in [0.3, 0.4) is 0 Å². The van der Waals surface area contributed by atoms with E-state index >= 15 is 0 Å². The zero-order valence-corrected chi connectivity index (χ0v) is 29.8. The highest BCUT2D eigenvalue weighted by Crippen LogP contribution is 2.59. The van der Waals surface area contributed by atoms with Crippen LogP contribution in [0.4, 0.5) is 17.1 Å². The number of rotatable bonds is 1. The molecule has 0 saturated carbocycles. The normalized spacial score (nSPS) is 15.5. The van der Waals surface area contributed by atoms with Gasteiger partial charge < -0.3 is 9.30 Å². The SMILES string of the molecule is Cc1ccc2c(c1)C1(c3cc(C)ccc3N2c2cc3c4ccccc4n4c5ccccc5c(c2)c34)c2ccccc2[Si](C)(C)c2ccccc21. The maximum absolute atomic E-state index is 2.57. The summed E-state index contributed by atoms with van der Waals surface area (Å²) in [4.78, 5) is 2.57. The number of fused-ring (bicyclic) bond motifs is 14. The predicted molar refractivity (Wildman–Crippen MR) is 214 cm³/mol. The number of hydrogen-bond acceptors (Lipinski definition) is 1. The molecule has 2 aromatic heterocycles. The van der Waals surface area contributed by atoms with E-state index in [0.717, 1.165) is 0 Å². The third kappa shape index (κ3) is 3.29. The van der Waals surface area contributed by atoms with Crippen molar-refractivity contribution in [3.8, 4) is 0 Å². The van der Waals surface area contributed by atoms with Crippen molar-refractivity contribution in [3.63, 3.8) is 0 Å². The minimum absolute atomic E-state index is 0.446. The first-order valence-electron chi connectivity index (χ1n) is 17.8. The van der Waals surface area contributed by atoms with E-state index in [4.69, 9.17) is 0 Å². The van der Waals surface area contributed by atoms with Gasteiger partial charge in [-0.15, -0.1) is 0 Å². The third-order valence-corrected chi connectivity index (χ3v) is 15.6. The van der Waals surface area contributed by atoms with Crippen LogP contribution in [0.25, 0.3) is 38.1 Å². The van der Waals surface area contributed by atoms with E-state index in [1.165, 1.54) is 98.9 Å². The lowest BCUT2D eigenvalue weighted by molar-refractivity contribution is 0.733. The van der Waals surface area contributed by atoms with Crippen LogP contribution in [0.2, 0.25) is 13.1 Å². The molecule has 4 heterocycles. The molecule has 2 nitrogen and oxygen atoms in total. The first-order chi connectivity index (χ1) is 24.4. The maximum atomic E-state index is 2.57. The van der Waals surface area contributed by atoms with Gasteiger partial charge in [-0.3, -0.25) is 0 Å². The topological polar surface area (TPSA) is 7.65 Å². The van der Waals surface area contributed by atoms with E-state index in [-0.39, 0.29) is 0 Å². The van der Waals surface area contributed by atoms with Crippen LogP contribution < -0.4 is 15.3 Å². The summed E-state index contributed by atoms with van der Waals surface area (Å²) in [5, 5.41) is 8.26. The average molecular weight is 657 g/mol. The fourth-order valence-corrected chi connectivity index (χ4v) is 13.2. The Balaban J connectivity index is 1.31. The maximum Gasteiger partial charge on any atom is 0.113 e. The van der Waals surface area contributed by atoms with E-state index in [1.54, 1.807) is 0 Å². The molecule has 9 aromatic rings. The first kappa shape index (κ1) is 28.2. The highest BCUT2D eigenvalue weighted by molar-refractivity contribution is 7.01. The number of nitrogens with zero attached hydrogens (tertiary/aromatic N) is 2. The minimum atomic E-state index is -2.00. The van der Waals surface area contributed by atoms with Crippen LogP contribution >= 0.6 is 0 Å². The van der Waals surface area contributed by atoms with Gasteiger partial charge >= 0.3 is 0 Å². The van der Waals surface area contributed by atoms with Gasteiger partial charge in [0.05, 0.1) is 33.3 Å². The minimum Gasteiger partial charge on any atom is -0.310 e. The molecule has 0 amide bonds. The lowest BCUT2D eigenvalue weighted by Crippen LogP contribution is -2.64. The Bertz CT molecular complexity index is 2700. The Morgan fingerprint density at radius 2 is 0.920 bits per heavy atom. The second kappa shape index (κ2) is 9.53. The fourth-order valence-electron chi connectivity index (χ4n) is 9.99. The zero-order valence-electron chi connectivity index (χ0n) is 28.8. The Labute approximate surface area is 293 Å². The van der Waals surface area contributed by atoms with Crippen LogP contribution in [-0.4, -0.2) is 12.5 Å². The van der Waals surface area contributed by atoms with E-state index in [2.05, 4.69) is 182 Å². The lowest BCUT2D eigenvalue weighted by atomic mass is 9.61. The third-order valence-electron chi connectivity index (χ3n) is 12.0. The van der Waals surface area contributed by atoms with Crippen molar-refractivity contribution in [2.45, 2.75) is 32.4 Å². The summed E-state index contributed by atoms with van der Waals surface area (Å²) in [6.45, 7) is 9.57. The van der Waals surface area contributed by atoms with Gasteiger partial charge in [0.1, 0.15) is 8.07 Å². The molecule has 0 bridgehead atoms. The van der Waals surface area contributed by atoms with Gasteiger partial charge in [-0.1, -0.05) is 133 Å². The molecule has 0 unspecified atom stereocenters. The van der Waals surface area contributed by atoms with Crippen molar-refractivity contribution < 1.29 is 0 Å². The number of hydrogen-bond donors (Lipinski definition) is 0. The molecule has 11 rings (SSSR count). The molecule has 238 valence electrons. The molecule has 7 aromatic carbocycles. The van der Waals surface area contributed by atoms with E-state index in [1.807, 2.05) is 0 Å². The summed E-state index contributed by atoms with van der Waals surface area (Å²) in [6, 6.07) is 55.8. The van der Waals surface area contributed by atoms with Gasteiger partial charge in [-0.05, 0) is 82.9 Å². The lowest BCUT2D eigenvalue weighted by Gasteiger charge is -2.52.